The molecule has 118 valence electrons. The van der Waals surface area contributed by atoms with Crippen LogP contribution in [0.25, 0.3) is 0 Å². The van der Waals surface area contributed by atoms with Crippen molar-refractivity contribution in [2.75, 3.05) is 45.3 Å². The Kier molecular flexibility index (Phi) is 6.51. The third kappa shape index (κ3) is 4.37. The van der Waals surface area contributed by atoms with Gasteiger partial charge in [0.1, 0.15) is 15.6 Å². The minimum atomic E-state index is -0.218. The van der Waals surface area contributed by atoms with E-state index in [2.05, 4.69) is 29.0 Å². The molecule has 0 saturated carbocycles. The van der Waals surface area contributed by atoms with Crippen molar-refractivity contribution in [1.29, 1.82) is 0 Å². The summed E-state index contributed by atoms with van der Waals surface area (Å²) < 4.78 is 5.31. The Morgan fingerprint density at radius 2 is 2.24 bits per heavy atom. The molecule has 1 aromatic rings. The molecule has 7 heteroatoms. The molecule has 4 N–H and O–H groups in total. The number of carbonyl (C=O) groups is 1. The molecule has 0 fully saturated rings. The Hall–Kier alpha value is -1.73. The maximum Gasteiger partial charge on any atom is 0.263 e. The molecule has 1 unspecified atom stereocenters. The summed E-state index contributed by atoms with van der Waals surface area (Å²) in [6, 6.07) is 0.344. The van der Waals surface area contributed by atoms with E-state index in [4.69, 9.17) is 10.5 Å². The first kappa shape index (κ1) is 17.3. The number of carbonyl (C=O) groups excluding carboxylic acids is 1. The number of hydrogen-bond acceptors (Lipinski definition) is 6. The summed E-state index contributed by atoms with van der Waals surface area (Å²) in [5.74, 6) is 0.305. The first-order valence-electron chi connectivity index (χ1n) is 6.68. The lowest BCUT2D eigenvalue weighted by Gasteiger charge is -2.20. The number of nitrogens with zero attached hydrogens (tertiary/aromatic N) is 1. The highest BCUT2D eigenvalue weighted by Gasteiger charge is 2.21. The molecule has 1 aromatic heterocycles. The number of likely N-dealkylation sites (N-methyl/N-ethyl adjacent to an activating group) is 1. The van der Waals surface area contributed by atoms with Crippen LogP contribution in [0.15, 0.2) is 12.7 Å². The van der Waals surface area contributed by atoms with Gasteiger partial charge in [0.25, 0.3) is 5.91 Å². The quantitative estimate of drug-likeness (QED) is 0.636. The molecule has 0 saturated heterocycles. The van der Waals surface area contributed by atoms with Gasteiger partial charge >= 0.3 is 0 Å². The molecule has 1 atom stereocenters. The summed E-state index contributed by atoms with van der Waals surface area (Å²) in [6.07, 6.45) is 1.62. The molecule has 0 bridgehead atoms. The van der Waals surface area contributed by atoms with Gasteiger partial charge in [-0.05, 0) is 21.0 Å². The maximum atomic E-state index is 12.0. The van der Waals surface area contributed by atoms with Crippen LogP contribution in [-0.4, -0.2) is 51.1 Å². The van der Waals surface area contributed by atoms with Crippen molar-refractivity contribution >= 4 is 27.9 Å². The van der Waals surface area contributed by atoms with Gasteiger partial charge in [-0.15, -0.1) is 17.9 Å². The summed E-state index contributed by atoms with van der Waals surface area (Å²) in [4.78, 5) is 14.6. The van der Waals surface area contributed by atoms with Gasteiger partial charge in [-0.25, -0.2) is 0 Å². The van der Waals surface area contributed by atoms with Crippen LogP contribution in [0.4, 0.5) is 10.7 Å². The fourth-order valence-electron chi connectivity index (χ4n) is 1.58. The average Bonchev–Trinajstić information content (AvgIpc) is 2.78. The molecule has 1 amide bonds. The summed E-state index contributed by atoms with van der Waals surface area (Å²) in [5.41, 5.74) is 6.37. The van der Waals surface area contributed by atoms with Gasteiger partial charge in [0.2, 0.25) is 0 Å². The summed E-state index contributed by atoms with van der Waals surface area (Å²) in [5, 5.41) is 6.78. The number of amides is 1. The predicted molar refractivity (Wildman–Crippen MR) is 89.5 cm³/mol. The Morgan fingerprint density at radius 3 is 2.76 bits per heavy atom. The number of nitrogen functional groups attached to an aromatic ring is 1. The molecule has 0 aliphatic heterocycles. The monoisotopic (exact) mass is 312 g/mol. The molecule has 0 aliphatic rings. The topological polar surface area (TPSA) is 79.6 Å². The van der Waals surface area contributed by atoms with Crippen molar-refractivity contribution in [2.45, 2.75) is 13.0 Å². The Morgan fingerprint density at radius 1 is 1.57 bits per heavy atom. The molecule has 1 heterocycles. The van der Waals surface area contributed by atoms with Crippen molar-refractivity contribution in [3.63, 3.8) is 0 Å². The third-order valence-electron chi connectivity index (χ3n) is 3.16. The van der Waals surface area contributed by atoms with Gasteiger partial charge < -0.3 is 26.0 Å². The van der Waals surface area contributed by atoms with E-state index in [1.165, 1.54) is 11.3 Å². The average molecular weight is 312 g/mol. The number of ether oxygens (including phenoxy) is 1. The normalized spacial score (nSPS) is 12.0. The molecular formula is C14H24N4O2S. The number of nitrogens with two attached hydrogens (primary N) is 1. The zero-order valence-corrected chi connectivity index (χ0v) is 13.8. The highest BCUT2D eigenvalue weighted by Crippen LogP contribution is 2.42. The second kappa shape index (κ2) is 7.90. The highest BCUT2D eigenvalue weighted by molar-refractivity contribution is 7.19. The molecule has 6 nitrogen and oxygen atoms in total. The van der Waals surface area contributed by atoms with Crippen molar-refractivity contribution in [3.8, 4) is 5.75 Å². The number of thiophene rings is 1. The first-order chi connectivity index (χ1) is 9.92. The van der Waals surface area contributed by atoms with Crippen LogP contribution in [0.2, 0.25) is 0 Å². The molecule has 21 heavy (non-hydrogen) atoms. The van der Waals surface area contributed by atoms with Crippen LogP contribution < -0.4 is 21.1 Å². The standard InChI is InChI=1S/C14H24N4O2S/c1-6-7-16-13(19)12-10(15)11(20-5)14(21-12)17-8-9(2)18(3)4/h6,9,17H,1,7-8,15H2,2-5H3,(H,16,19). The van der Waals surface area contributed by atoms with Crippen molar-refractivity contribution in [2.24, 2.45) is 0 Å². The summed E-state index contributed by atoms with van der Waals surface area (Å²) >= 11 is 1.30. The van der Waals surface area contributed by atoms with E-state index >= 15 is 0 Å². The molecule has 1 rings (SSSR count). The fraction of sp³-hybridized carbons (Fsp3) is 0.500. The number of hydrogen-bond donors (Lipinski definition) is 3. The number of methoxy groups -OCH3 is 1. The van der Waals surface area contributed by atoms with Crippen LogP contribution in [0.3, 0.4) is 0 Å². The van der Waals surface area contributed by atoms with Crippen LogP contribution in [0.5, 0.6) is 5.75 Å². The lowest BCUT2D eigenvalue weighted by molar-refractivity contribution is 0.0962. The maximum absolute atomic E-state index is 12.0. The number of nitrogens with one attached hydrogen (secondary N) is 2. The molecule has 0 aliphatic carbocycles. The second-order valence-corrected chi connectivity index (χ2v) is 5.92. The third-order valence-corrected chi connectivity index (χ3v) is 4.30. The van der Waals surface area contributed by atoms with Gasteiger partial charge in [0.15, 0.2) is 5.75 Å². The van der Waals surface area contributed by atoms with E-state index in [0.29, 0.717) is 28.9 Å². The molecule has 0 radical (unpaired) electrons. The Labute approximate surface area is 130 Å². The highest BCUT2D eigenvalue weighted by atomic mass is 32.1. The van der Waals surface area contributed by atoms with Crippen molar-refractivity contribution in [1.82, 2.24) is 10.2 Å². The van der Waals surface area contributed by atoms with E-state index in [1.54, 1.807) is 13.2 Å². The minimum Gasteiger partial charge on any atom is -0.492 e. The first-order valence-corrected chi connectivity index (χ1v) is 7.49. The lowest BCUT2D eigenvalue weighted by Crippen LogP contribution is -2.31. The molecule has 0 spiro atoms. The van der Waals surface area contributed by atoms with Crippen LogP contribution in [0, 0.1) is 0 Å². The summed E-state index contributed by atoms with van der Waals surface area (Å²) in [6.45, 7) is 6.81. The second-order valence-electron chi connectivity index (χ2n) is 4.90. The van der Waals surface area contributed by atoms with Gasteiger partial charge in [-0.3, -0.25) is 4.79 Å². The van der Waals surface area contributed by atoms with E-state index < -0.39 is 0 Å². The Balaban J connectivity index is 2.89. The fourth-order valence-corrected chi connectivity index (χ4v) is 2.60. The van der Waals surface area contributed by atoms with E-state index in [1.807, 2.05) is 14.1 Å². The molecular weight excluding hydrogens is 288 g/mol. The number of anilines is 2. The van der Waals surface area contributed by atoms with E-state index in [0.717, 1.165) is 11.5 Å². The van der Waals surface area contributed by atoms with Gasteiger partial charge in [0.05, 0.1) is 7.11 Å². The van der Waals surface area contributed by atoms with Crippen molar-refractivity contribution < 1.29 is 9.53 Å². The zero-order valence-electron chi connectivity index (χ0n) is 13.0. The minimum absolute atomic E-state index is 0.218. The van der Waals surface area contributed by atoms with Crippen molar-refractivity contribution in [3.05, 3.63) is 17.5 Å². The summed E-state index contributed by atoms with van der Waals surface area (Å²) in [7, 11) is 5.57. The smallest absolute Gasteiger partial charge is 0.263 e. The molecule has 0 aromatic carbocycles. The van der Waals surface area contributed by atoms with Gasteiger partial charge in [-0.2, -0.15) is 0 Å². The predicted octanol–water partition coefficient (Wildman–Crippen LogP) is 1.62. The van der Waals surface area contributed by atoms with Crippen LogP contribution >= 0.6 is 11.3 Å². The van der Waals surface area contributed by atoms with Crippen LogP contribution in [-0.2, 0) is 0 Å². The van der Waals surface area contributed by atoms with Crippen LogP contribution in [0.1, 0.15) is 16.6 Å². The Bertz CT molecular complexity index is 499. The largest absolute Gasteiger partial charge is 0.492 e. The zero-order chi connectivity index (χ0) is 16.0. The SMILES string of the molecule is C=CCNC(=O)c1sc(NCC(C)N(C)C)c(OC)c1N. The van der Waals surface area contributed by atoms with Gasteiger partial charge in [-0.1, -0.05) is 6.08 Å². The van der Waals surface area contributed by atoms with Gasteiger partial charge in [0, 0.05) is 19.1 Å². The van der Waals surface area contributed by atoms with E-state index in [9.17, 15) is 4.79 Å². The lowest BCUT2D eigenvalue weighted by atomic mass is 10.3. The van der Waals surface area contributed by atoms with E-state index in [-0.39, 0.29) is 5.91 Å². The number of rotatable bonds is 8.